The third-order valence-corrected chi connectivity index (χ3v) is 3.13. The average molecular weight is 306 g/mol. The molecule has 0 bridgehead atoms. The molecule has 18 heavy (non-hydrogen) atoms. The molecule has 0 radical (unpaired) electrons. The Kier molecular flexibility index (Phi) is 4.39. The van der Waals surface area contributed by atoms with Crippen molar-refractivity contribution in [2.75, 3.05) is 13.6 Å². The van der Waals surface area contributed by atoms with Crippen LogP contribution >= 0.6 is 15.9 Å². The number of benzene rings is 1. The number of hydrogen-bond acceptors (Lipinski definition) is 2. The van der Waals surface area contributed by atoms with E-state index in [4.69, 9.17) is 4.42 Å². The molecule has 94 valence electrons. The van der Waals surface area contributed by atoms with Crippen molar-refractivity contribution in [3.8, 4) is 11.3 Å². The van der Waals surface area contributed by atoms with E-state index in [0.717, 1.165) is 28.1 Å². The van der Waals surface area contributed by atoms with Gasteiger partial charge in [0, 0.05) is 16.6 Å². The van der Waals surface area contributed by atoms with Gasteiger partial charge in [0.2, 0.25) is 0 Å². The first-order valence-corrected chi connectivity index (χ1v) is 6.66. The molecular weight excluding hydrogens is 290 g/mol. The number of rotatable bonds is 4. The lowest BCUT2D eigenvalue weighted by Gasteiger charge is -1.98. The molecule has 0 aliphatic heterocycles. The highest BCUT2D eigenvalue weighted by Crippen LogP contribution is 2.24. The van der Waals surface area contributed by atoms with Crippen molar-refractivity contribution in [1.29, 1.82) is 0 Å². The third kappa shape index (κ3) is 3.34. The second-order valence-electron chi connectivity index (χ2n) is 4.23. The molecule has 2 rings (SSSR count). The maximum absolute atomic E-state index is 5.81. The molecule has 0 unspecified atom stereocenters. The molecule has 1 heterocycles. The Hall–Kier alpha value is -1.32. The van der Waals surface area contributed by atoms with Crippen LogP contribution < -0.4 is 5.32 Å². The van der Waals surface area contributed by atoms with Crippen LogP contribution in [0.5, 0.6) is 0 Å². The molecule has 1 N–H and O–H groups in total. The van der Waals surface area contributed by atoms with E-state index < -0.39 is 0 Å². The van der Waals surface area contributed by atoms with Crippen molar-refractivity contribution >= 4 is 22.0 Å². The zero-order valence-electron chi connectivity index (χ0n) is 10.5. The molecule has 0 amide bonds. The van der Waals surface area contributed by atoms with Crippen molar-refractivity contribution in [2.24, 2.45) is 0 Å². The SMILES string of the molecule is CNCC(C)=Cc1ccc(-c2ccc(Br)cc2)o1. The Bertz CT molecular complexity index is 540. The van der Waals surface area contributed by atoms with Gasteiger partial charge in [-0.3, -0.25) is 0 Å². The zero-order chi connectivity index (χ0) is 13.0. The predicted molar refractivity (Wildman–Crippen MR) is 79.4 cm³/mol. The summed E-state index contributed by atoms with van der Waals surface area (Å²) in [5.74, 6) is 1.78. The van der Waals surface area contributed by atoms with Gasteiger partial charge in [0.05, 0.1) is 0 Å². The van der Waals surface area contributed by atoms with Crippen molar-refractivity contribution in [1.82, 2.24) is 5.32 Å². The summed E-state index contributed by atoms with van der Waals surface area (Å²) in [5.41, 5.74) is 2.33. The third-order valence-electron chi connectivity index (χ3n) is 2.60. The highest BCUT2D eigenvalue weighted by atomic mass is 79.9. The summed E-state index contributed by atoms with van der Waals surface area (Å²) in [5, 5.41) is 3.12. The van der Waals surface area contributed by atoms with Gasteiger partial charge in [0.15, 0.2) is 0 Å². The molecule has 0 atom stereocenters. The number of furan rings is 1. The van der Waals surface area contributed by atoms with E-state index in [-0.39, 0.29) is 0 Å². The Balaban J connectivity index is 2.20. The first-order chi connectivity index (χ1) is 8.69. The Morgan fingerprint density at radius 2 is 1.94 bits per heavy atom. The number of nitrogens with one attached hydrogen (secondary N) is 1. The second kappa shape index (κ2) is 6.03. The Labute approximate surface area is 116 Å². The van der Waals surface area contributed by atoms with Gasteiger partial charge in [0.25, 0.3) is 0 Å². The smallest absolute Gasteiger partial charge is 0.134 e. The maximum atomic E-state index is 5.81. The molecule has 0 saturated heterocycles. The molecule has 3 heteroatoms. The van der Waals surface area contributed by atoms with Crippen molar-refractivity contribution < 1.29 is 4.42 Å². The molecule has 2 nitrogen and oxygen atoms in total. The summed E-state index contributed by atoms with van der Waals surface area (Å²) in [7, 11) is 1.94. The van der Waals surface area contributed by atoms with E-state index in [1.54, 1.807) is 0 Å². The minimum absolute atomic E-state index is 0.869. The standard InChI is InChI=1S/C15H16BrNO/c1-11(10-17-2)9-14-7-8-15(18-14)12-3-5-13(16)6-4-12/h3-9,17H,10H2,1-2H3. The van der Waals surface area contributed by atoms with E-state index >= 15 is 0 Å². The van der Waals surface area contributed by atoms with E-state index in [1.165, 1.54) is 5.57 Å². The fourth-order valence-electron chi connectivity index (χ4n) is 1.77. The fourth-order valence-corrected chi connectivity index (χ4v) is 2.04. The minimum atomic E-state index is 0.869. The molecule has 0 fully saturated rings. The number of likely N-dealkylation sites (N-methyl/N-ethyl adjacent to an activating group) is 1. The molecule has 0 spiro atoms. The van der Waals surface area contributed by atoms with Gasteiger partial charge in [-0.2, -0.15) is 0 Å². The lowest BCUT2D eigenvalue weighted by molar-refractivity contribution is 0.571. The quantitative estimate of drug-likeness (QED) is 0.909. The van der Waals surface area contributed by atoms with Crippen LogP contribution in [-0.2, 0) is 0 Å². The van der Waals surface area contributed by atoms with Crippen LogP contribution in [0.1, 0.15) is 12.7 Å². The average Bonchev–Trinajstić information content (AvgIpc) is 2.78. The van der Waals surface area contributed by atoms with Crippen molar-refractivity contribution in [2.45, 2.75) is 6.92 Å². The highest BCUT2D eigenvalue weighted by Gasteiger charge is 2.03. The monoisotopic (exact) mass is 305 g/mol. The molecule has 1 aromatic heterocycles. The van der Waals surface area contributed by atoms with Gasteiger partial charge in [-0.05, 0) is 44.3 Å². The van der Waals surface area contributed by atoms with Gasteiger partial charge in [-0.15, -0.1) is 0 Å². The van der Waals surface area contributed by atoms with Crippen LogP contribution in [0.15, 0.2) is 50.9 Å². The van der Waals surface area contributed by atoms with Crippen LogP contribution in [0.25, 0.3) is 17.4 Å². The van der Waals surface area contributed by atoms with Crippen LogP contribution in [0.4, 0.5) is 0 Å². The minimum Gasteiger partial charge on any atom is -0.457 e. The molecule has 2 aromatic rings. The first kappa shape index (κ1) is 13.1. The summed E-state index contributed by atoms with van der Waals surface area (Å²) in [6, 6.07) is 12.1. The lowest BCUT2D eigenvalue weighted by Crippen LogP contribution is -2.08. The highest BCUT2D eigenvalue weighted by molar-refractivity contribution is 9.10. The Morgan fingerprint density at radius 1 is 1.22 bits per heavy atom. The molecule has 1 aromatic carbocycles. The van der Waals surface area contributed by atoms with Crippen LogP contribution in [-0.4, -0.2) is 13.6 Å². The number of halogens is 1. The van der Waals surface area contributed by atoms with E-state index in [9.17, 15) is 0 Å². The van der Waals surface area contributed by atoms with Crippen LogP contribution in [0, 0.1) is 0 Å². The summed E-state index contributed by atoms with van der Waals surface area (Å²) in [4.78, 5) is 0. The van der Waals surface area contributed by atoms with Crippen LogP contribution in [0.3, 0.4) is 0 Å². The molecular formula is C15H16BrNO. The predicted octanol–water partition coefficient (Wildman–Crippen LogP) is 4.33. The molecule has 0 aliphatic rings. The van der Waals surface area contributed by atoms with Gasteiger partial charge in [-0.25, -0.2) is 0 Å². The molecule has 0 aliphatic carbocycles. The van der Waals surface area contributed by atoms with Gasteiger partial charge in [0.1, 0.15) is 11.5 Å². The van der Waals surface area contributed by atoms with E-state index in [1.807, 2.05) is 43.4 Å². The fraction of sp³-hybridized carbons (Fsp3) is 0.200. The molecule has 0 saturated carbocycles. The van der Waals surface area contributed by atoms with Gasteiger partial charge < -0.3 is 9.73 Å². The summed E-state index contributed by atoms with van der Waals surface area (Å²) >= 11 is 3.43. The normalized spacial score (nSPS) is 11.8. The van der Waals surface area contributed by atoms with E-state index in [0.29, 0.717) is 0 Å². The maximum Gasteiger partial charge on any atom is 0.134 e. The Morgan fingerprint density at radius 3 is 2.61 bits per heavy atom. The van der Waals surface area contributed by atoms with Gasteiger partial charge >= 0.3 is 0 Å². The second-order valence-corrected chi connectivity index (χ2v) is 5.15. The van der Waals surface area contributed by atoms with E-state index in [2.05, 4.69) is 34.2 Å². The van der Waals surface area contributed by atoms with Crippen LogP contribution in [0.2, 0.25) is 0 Å². The largest absolute Gasteiger partial charge is 0.457 e. The summed E-state index contributed by atoms with van der Waals surface area (Å²) in [6.45, 7) is 2.95. The van der Waals surface area contributed by atoms with Crippen molar-refractivity contribution in [3.05, 3.63) is 52.2 Å². The summed E-state index contributed by atoms with van der Waals surface area (Å²) < 4.78 is 6.88. The first-order valence-electron chi connectivity index (χ1n) is 5.86. The summed E-state index contributed by atoms with van der Waals surface area (Å²) in [6.07, 6.45) is 2.05. The lowest BCUT2D eigenvalue weighted by atomic mass is 10.2. The van der Waals surface area contributed by atoms with Gasteiger partial charge in [-0.1, -0.05) is 33.6 Å². The zero-order valence-corrected chi connectivity index (χ0v) is 12.1. The topological polar surface area (TPSA) is 25.2 Å². The van der Waals surface area contributed by atoms with Crippen molar-refractivity contribution in [3.63, 3.8) is 0 Å². The number of hydrogen-bond donors (Lipinski definition) is 1.